The van der Waals surface area contributed by atoms with E-state index in [9.17, 15) is 4.79 Å². The largest absolute Gasteiger partial charge is 0.488 e. The number of nitriles is 1. The molecule has 0 unspecified atom stereocenters. The third kappa shape index (κ3) is 5.30. The van der Waals surface area contributed by atoms with Crippen molar-refractivity contribution in [2.24, 2.45) is 0 Å². The number of alkyl carbamates (subject to hydrolysis) is 1. The fourth-order valence-electron chi connectivity index (χ4n) is 1.52. The van der Waals surface area contributed by atoms with Crippen LogP contribution < -0.4 is 10.8 Å². The van der Waals surface area contributed by atoms with Crippen molar-refractivity contribution in [2.75, 3.05) is 0 Å². The molecule has 20 heavy (non-hydrogen) atoms. The van der Waals surface area contributed by atoms with Gasteiger partial charge in [-0.1, -0.05) is 6.07 Å². The van der Waals surface area contributed by atoms with Crippen LogP contribution in [0, 0.1) is 11.3 Å². The average Bonchev–Trinajstić information content (AvgIpc) is 2.33. The molecule has 1 rings (SSSR count). The van der Waals surface area contributed by atoms with Crippen LogP contribution in [0.1, 0.15) is 31.9 Å². The monoisotopic (exact) mass is 276 g/mol. The normalized spacial score (nSPS) is 10.6. The molecule has 106 valence electrons. The van der Waals surface area contributed by atoms with Crippen LogP contribution in [-0.4, -0.2) is 28.9 Å². The SMILES string of the molecule is CC(C)(C)OC(=O)NCc1cc(C#N)cc(B(O)O)c1. The second-order valence-corrected chi connectivity index (χ2v) is 5.30. The molecule has 3 N–H and O–H groups in total. The van der Waals surface area contributed by atoms with E-state index in [0.29, 0.717) is 5.56 Å². The Bertz CT molecular complexity index is 532. The fraction of sp³-hybridized carbons (Fsp3) is 0.385. The van der Waals surface area contributed by atoms with Crippen LogP contribution in [0.2, 0.25) is 0 Å². The molecule has 0 fully saturated rings. The lowest BCUT2D eigenvalue weighted by Crippen LogP contribution is -2.33. The molecule has 0 aromatic heterocycles. The number of ether oxygens (including phenoxy) is 1. The first-order valence-corrected chi connectivity index (χ1v) is 6.08. The topological polar surface area (TPSA) is 103 Å². The molecule has 1 aromatic rings. The Hall–Kier alpha value is -2.04. The molecule has 0 atom stereocenters. The number of rotatable bonds is 3. The first-order chi connectivity index (χ1) is 9.21. The van der Waals surface area contributed by atoms with E-state index in [2.05, 4.69) is 5.32 Å². The highest BCUT2D eigenvalue weighted by atomic mass is 16.6. The van der Waals surface area contributed by atoms with Crippen molar-refractivity contribution in [3.05, 3.63) is 29.3 Å². The maximum atomic E-state index is 11.5. The number of nitrogens with one attached hydrogen (secondary N) is 1. The second kappa shape index (κ2) is 6.41. The first kappa shape index (κ1) is 16.0. The van der Waals surface area contributed by atoms with Gasteiger partial charge >= 0.3 is 13.2 Å². The van der Waals surface area contributed by atoms with Gasteiger partial charge in [-0.05, 0) is 43.9 Å². The van der Waals surface area contributed by atoms with Gasteiger partial charge in [0.05, 0.1) is 11.6 Å². The second-order valence-electron chi connectivity index (χ2n) is 5.30. The number of benzene rings is 1. The number of hydrogen-bond donors (Lipinski definition) is 3. The van der Waals surface area contributed by atoms with Crippen molar-refractivity contribution < 1.29 is 19.6 Å². The molecule has 7 heteroatoms. The maximum absolute atomic E-state index is 11.5. The Balaban J connectivity index is 2.76. The molecule has 0 aliphatic heterocycles. The number of nitrogens with zero attached hydrogens (tertiary/aromatic N) is 1. The smallest absolute Gasteiger partial charge is 0.444 e. The average molecular weight is 276 g/mol. The van der Waals surface area contributed by atoms with Gasteiger partial charge in [0.2, 0.25) is 0 Å². The zero-order valence-electron chi connectivity index (χ0n) is 11.7. The summed E-state index contributed by atoms with van der Waals surface area (Å²) in [7, 11) is -1.66. The third-order valence-electron chi connectivity index (χ3n) is 2.28. The van der Waals surface area contributed by atoms with E-state index in [1.807, 2.05) is 6.07 Å². The quantitative estimate of drug-likeness (QED) is 0.687. The van der Waals surface area contributed by atoms with Crippen molar-refractivity contribution in [3.8, 4) is 6.07 Å². The van der Waals surface area contributed by atoms with Gasteiger partial charge in [-0.25, -0.2) is 4.79 Å². The van der Waals surface area contributed by atoms with E-state index in [-0.39, 0.29) is 17.6 Å². The molecule has 0 saturated carbocycles. The molecule has 0 aliphatic carbocycles. The van der Waals surface area contributed by atoms with Gasteiger partial charge in [-0.2, -0.15) is 5.26 Å². The lowest BCUT2D eigenvalue weighted by molar-refractivity contribution is 0.0523. The highest BCUT2D eigenvalue weighted by molar-refractivity contribution is 6.58. The molecule has 1 aromatic carbocycles. The lowest BCUT2D eigenvalue weighted by Gasteiger charge is -2.19. The molecule has 6 nitrogen and oxygen atoms in total. The van der Waals surface area contributed by atoms with E-state index in [1.54, 1.807) is 26.8 Å². The van der Waals surface area contributed by atoms with Crippen LogP contribution in [0.5, 0.6) is 0 Å². The van der Waals surface area contributed by atoms with E-state index >= 15 is 0 Å². The number of carbonyl (C=O) groups is 1. The summed E-state index contributed by atoms with van der Waals surface area (Å²) in [6.45, 7) is 5.39. The summed E-state index contributed by atoms with van der Waals surface area (Å²) in [6.07, 6.45) is -0.578. The lowest BCUT2D eigenvalue weighted by atomic mass is 9.78. The molecular weight excluding hydrogens is 259 g/mol. The fourth-order valence-corrected chi connectivity index (χ4v) is 1.52. The summed E-state index contributed by atoms with van der Waals surface area (Å²) in [6, 6.07) is 6.36. The van der Waals surface area contributed by atoms with Crippen LogP contribution in [-0.2, 0) is 11.3 Å². The van der Waals surface area contributed by atoms with E-state index in [0.717, 1.165) is 0 Å². The summed E-state index contributed by atoms with van der Waals surface area (Å²) >= 11 is 0. The Morgan fingerprint density at radius 3 is 2.55 bits per heavy atom. The molecule has 0 spiro atoms. The predicted molar refractivity (Wildman–Crippen MR) is 74.1 cm³/mol. The zero-order valence-corrected chi connectivity index (χ0v) is 11.7. The van der Waals surface area contributed by atoms with Gasteiger partial charge in [-0.3, -0.25) is 0 Å². The van der Waals surface area contributed by atoms with Gasteiger partial charge < -0.3 is 20.1 Å². The zero-order chi connectivity index (χ0) is 15.3. The van der Waals surface area contributed by atoms with Crippen LogP contribution in [0.15, 0.2) is 18.2 Å². The van der Waals surface area contributed by atoms with Gasteiger partial charge in [0.15, 0.2) is 0 Å². The summed E-state index contributed by atoms with van der Waals surface area (Å²) in [5.41, 5.74) is 0.477. The van der Waals surface area contributed by atoms with Crippen molar-refractivity contribution in [1.29, 1.82) is 5.26 Å². The van der Waals surface area contributed by atoms with E-state index in [4.69, 9.17) is 20.0 Å². The van der Waals surface area contributed by atoms with Gasteiger partial charge in [0.25, 0.3) is 0 Å². The first-order valence-electron chi connectivity index (χ1n) is 6.08. The molecule has 0 radical (unpaired) electrons. The third-order valence-corrected chi connectivity index (χ3v) is 2.28. The van der Waals surface area contributed by atoms with Gasteiger partial charge in [-0.15, -0.1) is 0 Å². The minimum Gasteiger partial charge on any atom is -0.444 e. The Kier molecular flexibility index (Phi) is 5.14. The maximum Gasteiger partial charge on any atom is 0.488 e. The number of carbonyl (C=O) groups excluding carboxylic acids is 1. The Labute approximate surface area is 118 Å². The van der Waals surface area contributed by atoms with Crippen LogP contribution in [0.25, 0.3) is 0 Å². The Morgan fingerprint density at radius 1 is 1.40 bits per heavy atom. The molecular formula is C13H17BN2O4. The van der Waals surface area contributed by atoms with Gasteiger partial charge in [0, 0.05) is 6.54 Å². The molecule has 1 amide bonds. The minimum absolute atomic E-state index is 0.129. The summed E-state index contributed by atoms with van der Waals surface area (Å²) in [4.78, 5) is 11.5. The van der Waals surface area contributed by atoms with E-state index in [1.165, 1.54) is 12.1 Å². The molecule has 0 saturated heterocycles. The molecule has 0 heterocycles. The van der Waals surface area contributed by atoms with Crippen molar-refractivity contribution in [2.45, 2.75) is 32.9 Å². The van der Waals surface area contributed by atoms with Crippen molar-refractivity contribution in [1.82, 2.24) is 5.32 Å². The van der Waals surface area contributed by atoms with Crippen LogP contribution in [0.4, 0.5) is 4.79 Å². The highest BCUT2D eigenvalue weighted by Gasteiger charge is 2.17. The summed E-state index contributed by atoms with van der Waals surface area (Å²) < 4.78 is 5.08. The molecule has 0 bridgehead atoms. The van der Waals surface area contributed by atoms with Crippen molar-refractivity contribution in [3.63, 3.8) is 0 Å². The minimum atomic E-state index is -1.66. The van der Waals surface area contributed by atoms with Crippen molar-refractivity contribution >= 4 is 18.7 Å². The molecule has 0 aliphatic rings. The highest BCUT2D eigenvalue weighted by Crippen LogP contribution is 2.07. The predicted octanol–water partition coefficient (Wildman–Crippen LogP) is 0.263. The standard InChI is InChI=1S/C13H17BN2O4/c1-13(2,3)20-12(17)16-8-10-4-9(7-15)5-11(6-10)14(18)19/h4-6,18-19H,8H2,1-3H3,(H,16,17). The van der Waals surface area contributed by atoms with Crippen LogP contribution in [0.3, 0.4) is 0 Å². The Morgan fingerprint density at radius 2 is 2.05 bits per heavy atom. The van der Waals surface area contributed by atoms with Crippen LogP contribution >= 0.6 is 0 Å². The van der Waals surface area contributed by atoms with Gasteiger partial charge in [0.1, 0.15) is 5.60 Å². The number of hydrogen-bond acceptors (Lipinski definition) is 5. The summed E-state index contributed by atoms with van der Waals surface area (Å²) in [5.74, 6) is 0. The number of amides is 1. The summed E-state index contributed by atoms with van der Waals surface area (Å²) in [5, 5.41) is 29.7. The van der Waals surface area contributed by atoms with E-state index < -0.39 is 18.8 Å².